The summed E-state index contributed by atoms with van der Waals surface area (Å²) in [6.45, 7) is 3.17. The van der Waals surface area contributed by atoms with Crippen LogP contribution in [0.5, 0.6) is 0 Å². The number of benzene rings is 1. The van der Waals surface area contributed by atoms with Gasteiger partial charge in [-0.3, -0.25) is 9.79 Å². The molecule has 158 valence electrons. The van der Waals surface area contributed by atoms with Crippen molar-refractivity contribution in [2.45, 2.75) is 25.4 Å². The summed E-state index contributed by atoms with van der Waals surface area (Å²) in [6, 6.07) is 6.07. The fraction of sp³-hybridized carbons (Fsp3) is 0.579. The van der Waals surface area contributed by atoms with Gasteiger partial charge in [0.2, 0.25) is 5.91 Å². The Morgan fingerprint density at radius 1 is 1.39 bits per heavy atom. The molecule has 28 heavy (non-hydrogen) atoms. The van der Waals surface area contributed by atoms with E-state index in [1.165, 1.54) is 12.1 Å². The Morgan fingerprint density at radius 3 is 2.75 bits per heavy atom. The third kappa shape index (κ3) is 9.16. The van der Waals surface area contributed by atoms with Gasteiger partial charge in [0.05, 0.1) is 18.6 Å². The van der Waals surface area contributed by atoms with Crippen molar-refractivity contribution in [3.8, 4) is 0 Å². The molecular formula is C19H30FIN4O3. The quantitative estimate of drug-likeness (QED) is 0.193. The van der Waals surface area contributed by atoms with Crippen molar-refractivity contribution in [2.24, 2.45) is 16.6 Å². The van der Waals surface area contributed by atoms with Crippen molar-refractivity contribution in [1.29, 1.82) is 0 Å². The largest absolute Gasteiger partial charge is 0.379 e. The highest BCUT2D eigenvalue weighted by Gasteiger charge is 2.17. The number of aliphatic imine (C=N–C) groups is 1. The Kier molecular flexibility index (Phi) is 12.0. The highest BCUT2D eigenvalue weighted by Crippen LogP contribution is 2.10. The molecule has 0 spiro atoms. The number of nitrogens with one attached hydrogen (secondary N) is 2. The number of carbonyl (C=O) groups is 1. The van der Waals surface area contributed by atoms with Gasteiger partial charge >= 0.3 is 0 Å². The third-order valence-corrected chi connectivity index (χ3v) is 4.39. The second-order valence-electron chi connectivity index (χ2n) is 6.52. The molecule has 1 amide bonds. The fourth-order valence-corrected chi connectivity index (χ4v) is 2.79. The summed E-state index contributed by atoms with van der Waals surface area (Å²) in [5, 5.41) is 6.30. The SMILES string of the molecule is CN=C(NCCCOC1CCOC1)NCC(Cc1ccc(F)cc1)C(N)=O.I. The van der Waals surface area contributed by atoms with E-state index in [-0.39, 0.29) is 35.9 Å². The number of primary amides is 1. The predicted molar refractivity (Wildman–Crippen MR) is 117 cm³/mol. The van der Waals surface area contributed by atoms with Gasteiger partial charge in [-0.25, -0.2) is 4.39 Å². The maximum atomic E-state index is 13.0. The molecule has 9 heteroatoms. The number of nitrogens with zero attached hydrogens (tertiary/aromatic N) is 1. The smallest absolute Gasteiger partial charge is 0.222 e. The first-order valence-corrected chi connectivity index (χ1v) is 9.26. The Hall–Kier alpha value is -1.46. The van der Waals surface area contributed by atoms with Crippen molar-refractivity contribution >= 4 is 35.8 Å². The Balaban J connectivity index is 0.00000392. The van der Waals surface area contributed by atoms with Gasteiger partial charge in [-0.15, -0.1) is 24.0 Å². The third-order valence-electron chi connectivity index (χ3n) is 4.39. The molecule has 0 bridgehead atoms. The lowest BCUT2D eigenvalue weighted by Crippen LogP contribution is -2.43. The summed E-state index contributed by atoms with van der Waals surface area (Å²) in [5.41, 5.74) is 6.36. The zero-order chi connectivity index (χ0) is 19.5. The number of hydrogen-bond donors (Lipinski definition) is 3. The van der Waals surface area contributed by atoms with Gasteiger partial charge in [-0.05, 0) is 37.0 Å². The van der Waals surface area contributed by atoms with E-state index in [4.69, 9.17) is 15.2 Å². The Morgan fingerprint density at radius 2 is 2.14 bits per heavy atom. The molecule has 2 atom stereocenters. The van der Waals surface area contributed by atoms with Gasteiger partial charge in [0.1, 0.15) is 5.82 Å². The summed E-state index contributed by atoms with van der Waals surface area (Å²) >= 11 is 0. The average molecular weight is 508 g/mol. The van der Waals surface area contributed by atoms with Gasteiger partial charge in [0, 0.05) is 33.4 Å². The fourth-order valence-electron chi connectivity index (χ4n) is 2.79. The van der Waals surface area contributed by atoms with Gasteiger partial charge in [0.25, 0.3) is 0 Å². The van der Waals surface area contributed by atoms with Crippen LogP contribution >= 0.6 is 24.0 Å². The van der Waals surface area contributed by atoms with Crippen LogP contribution in [0, 0.1) is 11.7 Å². The number of guanidine groups is 1. The van der Waals surface area contributed by atoms with E-state index in [0.29, 0.717) is 38.7 Å². The molecule has 7 nitrogen and oxygen atoms in total. The molecule has 0 aromatic heterocycles. The number of carbonyl (C=O) groups excluding carboxylic acids is 1. The minimum atomic E-state index is -0.417. The molecule has 1 aliphatic rings. The van der Waals surface area contributed by atoms with Crippen molar-refractivity contribution in [3.05, 3.63) is 35.6 Å². The molecule has 1 aliphatic heterocycles. The first-order chi connectivity index (χ1) is 13.1. The molecule has 4 N–H and O–H groups in total. The highest BCUT2D eigenvalue weighted by atomic mass is 127. The summed E-state index contributed by atoms with van der Waals surface area (Å²) in [7, 11) is 1.67. The number of nitrogens with two attached hydrogens (primary N) is 1. The van der Waals surface area contributed by atoms with Gasteiger partial charge in [-0.1, -0.05) is 12.1 Å². The molecule has 0 radical (unpaired) electrons. The van der Waals surface area contributed by atoms with Crippen LogP contribution in [-0.2, 0) is 20.7 Å². The van der Waals surface area contributed by atoms with E-state index in [9.17, 15) is 9.18 Å². The van der Waals surface area contributed by atoms with Crippen molar-refractivity contribution in [2.75, 3.05) is 40.0 Å². The molecule has 0 aliphatic carbocycles. The van der Waals surface area contributed by atoms with Crippen LogP contribution in [-0.4, -0.2) is 57.9 Å². The van der Waals surface area contributed by atoms with Crippen LogP contribution in [0.1, 0.15) is 18.4 Å². The van der Waals surface area contributed by atoms with E-state index in [1.807, 2.05) is 0 Å². The average Bonchev–Trinajstić information content (AvgIpc) is 3.17. The van der Waals surface area contributed by atoms with Crippen molar-refractivity contribution in [1.82, 2.24) is 10.6 Å². The Bertz CT molecular complexity index is 610. The molecule has 2 rings (SSSR count). The molecular weight excluding hydrogens is 478 g/mol. The summed E-state index contributed by atoms with van der Waals surface area (Å²) < 4.78 is 24.0. The van der Waals surface area contributed by atoms with Crippen LogP contribution in [0.3, 0.4) is 0 Å². The maximum absolute atomic E-state index is 13.0. The highest BCUT2D eigenvalue weighted by molar-refractivity contribution is 14.0. The lowest BCUT2D eigenvalue weighted by atomic mass is 9.98. The number of amides is 1. The maximum Gasteiger partial charge on any atom is 0.222 e. The van der Waals surface area contributed by atoms with Crippen LogP contribution in [0.25, 0.3) is 0 Å². The molecule has 1 heterocycles. The van der Waals surface area contributed by atoms with Crippen LogP contribution in [0.2, 0.25) is 0 Å². The molecule has 2 unspecified atom stereocenters. The molecule has 0 saturated carbocycles. The summed E-state index contributed by atoms with van der Waals surface area (Å²) in [5.74, 6) is -0.528. The molecule has 1 aromatic carbocycles. The topological polar surface area (TPSA) is 98.0 Å². The first kappa shape index (κ1) is 24.6. The van der Waals surface area contributed by atoms with Crippen molar-refractivity contribution < 1.29 is 18.7 Å². The van der Waals surface area contributed by atoms with E-state index in [0.717, 1.165) is 25.0 Å². The predicted octanol–water partition coefficient (Wildman–Crippen LogP) is 1.45. The van der Waals surface area contributed by atoms with Crippen LogP contribution in [0.15, 0.2) is 29.3 Å². The first-order valence-electron chi connectivity index (χ1n) is 9.26. The number of halogens is 2. The molecule has 1 aromatic rings. The van der Waals surface area contributed by atoms with Crippen LogP contribution in [0.4, 0.5) is 4.39 Å². The summed E-state index contributed by atoms with van der Waals surface area (Å²) in [4.78, 5) is 15.9. The summed E-state index contributed by atoms with van der Waals surface area (Å²) in [6.07, 6.45) is 2.45. The zero-order valence-corrected chi connectivity index (χ0v) is 18.5. The second-order valence-corrected chi connectivity index (χ2v) is 6.52. The van der Waals surface area contributed by atoms with Crippen molar-refractivity contribution in [3.63, 3.8) is 0 Å². The normalized spacial score (nSPS) is 17.6. The van der Waals surface area contributed by atoms with E-state index >= 15 is 0 Å². The van der Waals surface area contributed by atoms with E-state index < -0.39 is 11.8 Å². The number of ether oxygens (including phenoxy) is 2. The second kappa shape index (κ2) is 13.7. The van der Waals surface area contributed by atoms with Gasteiger partial charge in [0.15, 0.2) is 5.96 Å². The lowest BCUT2D eigenvalue weighted by molar-refractivity contribution is -0.121. The minimum Gasteiger partial charge on any atom is -0.379 e. The monoisotopic (exact) mass is 508 g/mol. The van der Waals surface area contributed by atoms with Gasteiger partial charge < -0.3 is 25.8 Å². The molecule has 1 fully saturated rings. The number of hydrogen-bond acceptors (Lipinski definition) is 4. The van der Waals surface area contributed by atoms with E-state index in [1.54, 1.807) is 19.2 Å². The van der Waals surface area contributed by atoms with E-state index in [2.05, 4.69) is 15.6 Å². The van der Waals surface area contributed by atoms with Gasteiger partial charge in [-0.2, -0.15) is 0 Å². The molecule has 1 saturated heterocycles. The standard InChI is InChI=1S/C19H29FN4O3.HI/c1-22-19(23-8-2-9-27-17-7-10-26-13-17)24-12-15(18(21)25)11-14-3-5-16(20)6-4-14;/h3-6,15,17H,2,7-13H2,1H3,(H2,21,25)(H2,22,23,24);1H. The number of rotatable bonds is 10. The zero-order valence-electron chi connectivity index (χ0n) is 16.2. The Labute approximate surface area is 182 Å². The minimum absolute atomic E-state index is 0. The van der Waals surface area contributed by atoms with Crippen LogP contribution < -0.4 is 16.4 Å². The lowest BCUT2D eigenvalue weighted by Gasteiger charge is -2.17.